The molecular formula is C15H31N3O2S. The Morgan fingerprint density at radius 3 is 2.62 bits per heavy atom. The van der Waals surface area contributed by atoms with Crippen molar-refractivity contribution in [2.75, 3.05) is 26.2 Å². The zero-order chi connectivity index (χ0) is 15.3. The zero-order valence-electron chi connectivity index (χ0n) is 13.5. The Balaban J connectivity index is 1.89. The van der Waals surface area contributed by atoms with E-state index in [1.807, 2.05) is 0 Å². The topological polar surface area (TPSA) is 61.4 Å². The van der Waals surface area contributed by atoms with Crippen molar-refractivity contribution in [1.82, 2.24) is 14.3 Å². The second-order valence-corrected chi connectivity index (χ2v) is 8.41. The molecule has 2 N–H and O–H groups in total. The molecule has 2 aliphatic rings. The van der Waals surface area contributed by atoms with Crippen LogP contribution in [0.25, 0.3) is 0 Å². The minimum absolute atomic E-state index is 0.110. The van der Waals surface area contributed by atoms with E-state index in [9.17, 15) is 8.42 Å². The fourth-order valence-electron chi connectivity index (χ4n) is 3.62. The maximum Gasteiger partial charge on any atom is 0.279 e. The van der Waals surface area contributed by atoms with E-state index >= 15 is 0 Å². The summed E-state index contributed by atoms with van der Waals surface area (Å²) in [6.07, 6.45) is 6.62. The Morgan fingerprint density at radius 2 is 1.95 bits per heavy atom. The predicted octanol–water partition coefficient (Wildman–Crippen LogP) is 1.72. The fourth-order valence-corrected chi connectivity index (χ4v) is 5.18. The molecule has 0 bridgehead atoms. The van der Waals surface area contributed by atoms with Gasteiger partial charge >= 0.3 is 0 Å². The molecule has 2 fully saturated rings. The van der Waals surface area contributed by atoms with Gasteiger partial charge in [-0.2, -0.15) is 12.7 Å². The zero-order valence-corrected chi connectivity index (χ0v) is 14.3. The van der Waals surface area contributed by atoms with Gasteiger partial charge in [0.25, 0.3) is 10.2 Å². The van der Waals surface area contributed by atoms with E-state index in [2.05, 4.69) is 23.9 Å². The van der Waals surface area contributed by atoms with Crippen molar-refractivity contribution in [3.63, 3.8) is 0 Å². The summed E-state index contributed by atoms with van der Waals surface area (Å²) in [6, 6.07) is 0.110. The lowest BCUT2D eigenvalue weighted by molar-refractivity contribution is 0.243. The van der Waals surface area contributed by atoms with Gasteiger partial charge in [0.2, 0.25) is 0 Å². The molecule has 5 nitrogen and oxygen atoms in total. The molecule has 1 heterocycles. The van der Waals surface area contributed by atoms with E-state index in [4.69, 9.17) is 0 Å². The molecule has 0 aromatic heterocycles. The lowest BCUT2D eigenvalue weighted by atomic mass is 10.1. The van der Waals surface area contributed by atoms with Crippen molar-refractivity contribution in [3.8, 4) is 0 Å². The number of nitrogens with one attached hydrogen (secondary N) is 2. The summed E-state index contributed by atoms with van der Waals surface area (Å²) in [6.45, 7) is 7.23. The predicted molar refractivity (Wildman–Crippen MR) is 86.3 cm³/mol. The van der Waals surface area contributed by atoms with Gasteiger partial charge in [0.1, 0.15) is 0 Å². The van der Waals surface area contributed by atoms with Crippen LogP contribution in [0.4, 0.5) is 0 Å². The van der Waals surface area contributed by atoms with Gasteiger partial charge in [-0.3, -0.25) is 0 Å². The summed E-state index contributed by atoms with van der Waals surface area (Å²) in [5, 5.41) is 3.29. The monoisotopic (exact) mass is 317 g/mol. The SMILES string of the molecule is CCNCC1CCCCN1S(=O)(=O)NCC1CCC(C)C1. The molecule has 1 aliphatic heterocycles. The van der Waals surface area contributed by atoms with Crippen molar-refractivity contribution >= 4 is 10.2 Å². The molecule has 0 aromatic carbocycles. The number of hydrogen-bond donors (Lipinski definition) is 2. The van der Waals surface area contributed by atoms with Crippen molar-refractivity contribution in [2.45, 2.75) is 58.4 Å². The lowest BCUT2D eigenvalue weighted by Gasteiger charge is -2.35. The highest BCUT2D eigenvalue weighted by molar-refractivity contribution is 7.87. The van der Waals surface area contributed by atoms with Crippen LogP contribution in [0.2, 0.25) is 0 Å². The Bertz CT molecular complexity index is 413. The van der Waals surface area contributed by atoms with Crippen molar-refractivity contribution in [1.29, 1.82) is 0 Å². The summed E-state index contributed by atoms with van der Waals surface area (Å²) in [5.41, 5.74) is 0. The quantitative estimate of drug-likeness (QED) is 0.751. The standard InChI is InChI=1S/C15H31N3O2S/c1-3-16-12-15-6-4-5-9-18(15)21(19,20)17-11-14-8-7-13(2)10-14/h13-17H,3-12H2,1-2H3. The Morgan fingerprint density at radius 1 is 1.14 bits per heavy atom. The Hall–Kier alpha value is -0.170. The number of hydrogen-bond acceptors (Lipinski definition) is 3. The molecule has 2 rings (SSSR count). The van der Waals surface area contributed by atoms with Crippen LogP contribution in [-0.4, -0.2) is 44.9 Å². The lowest BCUT2D eigenvalue weighted by Crippen LogP contribution is -2.52. The summed E-state index contributed by atoms with van der Waals surface area (Å²) in [5.74, 6) is 1.27. The van der Waals surface area contributed by atoms with Crippen molar-refractivity contribution in [3.05, 3.63) is 0 Å². The van der Waals surface area contributed by atoms with Crippen molar-refractivity contribution < 1.29 is 8.42 Å². The number of likely N-dealkylation sites (N-methyl/N-ethyl adjacent to an activating group) is 1. The van der Waals surface area contributed by atoms with Crippen LogP contribution in [0, 0.1) is 11.8 Å². The van der Waals surface area contributed by atoms with Crippen LogP contribution in [0.15, 0.2) is 0 Å². The second-order valence-electron chi connectivity index (χ2n) is 6.71. The van der Waals surface area contributed by atoms with Gasteiger partial charge in [-0.25, -0.2) is 4.72 Å². The molecule has 0 radical (unpaired) electrons. The van der Waals surface area contributed by atoms with E-state index in [1.165, 1.54) is 6.42 Å². The first-order valence-corrected chi connectivity index (χ1v) is 9.94. The average molecular weight is 317 g/mol. The van der Waals surface area contributed by atoms with Crippen molar-refractivity contribution in [2.24, 2.45) is 11.8 Å². The molecule has 1 saturated carbocycles. The van der Waals surface area contributed by atoms with E-state index in [0.717, 1.165) is 51.1 Å². The summed E-state index contributed by atoms with van der Waals surface area (Å²) >= 11 is 0. The van der Waals surface area contributed by atoms with Gasteiger partial charge in [0, 0.05) is 25.7 Å². The summed E-state index contributed by atoms with van der Waals surface area (Å²) < 4.78 is 29.7. The summed E-state index contributed by atoms with van der Waals surface area (Å²) in [7, 11) is -3.32. The van der Waals surface area contributed by atoms with E-state index in [-0.39, 0.29) is 6.04 Å². The molecule has 1 saturated heterocycles. The third kappa shape index (κ3) is 4.91. The largest absolute Gasteiger partial charge is 0.315 e. The molecule has 0 aromatic rings. The smallest absolute Gasteiger partial charge is 0.279 e. The Labute approximate surface area is 130 Å². The molecule has 0 spiro atoms. The summed E-state index contributed by atoms with van der Waals surface area (Å²) in [4.78, 5) is 0. The molecule has 1 aliphatic carbocycles. The first-order valence-electron chi connectivity index (χ1n) is 8.50. The second kappa shape index (κ2) is 7.90. The van der Waals surface area contributed by atoms with Crippen LogP contribution in [0.1, 0.15) is 52.4 Å². The minimum Gasteiger partial charge on any atom is -0.315 e. The van der Waals surface area contributed by atoms with Crippen LogP contribution in [-0.2, 0) is 10.2 Å². The minimum atomic E-state index is -3.32. The van der Waals surface area contributed by atoms with Gasteiger partial charge in [-0.15, -0.1) is 0 Å². The van der Waals surface area contributed by atoms with Gasteiger partial charge < -0.3 is 5.32 Å². The first-order chi connectivity index (χ1) is 10.0. The normalized spacial score (nSPS) is 31.6. The van der Waals surface area contributed by atoms with Gasteiger partial charge in [-0.05, 0) is 44.1 Å². The molecule has 3 atom stereocenters. The van der Waals surface area contributed by atoms with Crippen LogP contribution >= 0.6 is 0 Å². The average Bonchev–Trinajstić information content (AvgIpc) is 2.89. The van der Waals surface area contributed by atoms with E-state index in [1.54, 1.807) is 4.31 Å². The third-order valence-electron chi connectivity index (χ3n) is 4.87. The maximum atomic E-state index is 12.6. The molecule has 3 unspecified atom stereocenters. The van der Waals surface area contributed by atoms with Gasteiger partial charge in [0.15, 0.2) is 0 Å². The Kier molecular flexibility index (Phi) is 6.47. The highest BCUT2D eigenvalue weighted by Crippen LogP contribution is 2.30. The molecule has 124 valence electrons. The number of nitrogens with zero attached hydrogens (tertiary/aromatic N) is 1. The van der Waals surface area contributed by atoms with Gasteiger partial charge in [0.05, 0.1) is 0 Å². The van der Waals surface area contributed by atoms with Crippen LogP contribution < -0.4 is 10.0 Å². The highest BCUT2D eigenvalue weighted by Gasteiger charge is 2.32. The maximum absolute atomic E-state index is 12.6. The number of rotatable bonds is 7. The highest BCUT2D eigenvalue weighted by atomic mass is 32.2. The van der Waals surface area contributed by atoms with Crippen LogP contribution in [0.5, 0.6) is 0 Å². The molecule has 0 amide bonds. The van der Waals surface area contributed by atoms with E-state index < -0.39 is 10.2 Å². The van der Waals surface area contributed by atoms with Gasteiger partial charge in [-0.1, -0.05) is 26.7 Å². The third-order valence-corrected chi connectivity index (χ3v) is 6.50. The molecule has 21 heavy (non-hydrogen) atoms. The molecule has 6 heteroatoms. The molecular weight excluding hydrogens is 286 g/mol. The van der Waals surface area contributed by atoms with Crippen LogP contribution in [0.3, 0.4) is 0 Å². The van der Waals surface area contributed by atoms with E-state index in [0.29, 0.717) is 19.0 Å². The fraction of sp³-hybridized carbons (Fsp3) is 1.00. The first kappa shape index (κ1) is 17.2. The number of piperidine rings is 1.